The summed E-state index contributed by atoms with van der Waals surface area (Å²) in [7, 11) is 0. The zero-order chi connectivity index (χ0) is 21.1. The Bertz CT molecular complexity index is 1240. The van der Waals surface area contributed by atoms with Gasteiger partial charge in [0.1, 0.15) is 0 Å². The second kappa shape index (κ2) is 8.31. The first-order valence-electron chi connectivity index (χ1n) is 9.10. The molecule has 2 aromatic carbocycles. The third kappa shape index (κ3) is 4.38. The maximum absolute atomic E-state index is 13.1. The molecule has 0 spiro atoms. The number of halogens is 3. The van der Waals surface area contributed by atoms with E-state index < -0.39 is 11.7 Å². The first-order chi connectivity index (χ1) is 14.4. The second-order valence-electron chi connectivity index (χ2n) is 6.63. The topological polar surface area (TPSA) is 47.8 Å². The quantitative estimate of drug-likeness (QED) is 0.326. The Kier molecular flexibility index (Phi) is 5.59. The molecule has 4 aromatic rings. The van der Waals surface area contributed by atoms with Gasteiger partial charge in [0.2, 0.25) is 0 Å². The predicted molar refractivity (Wildman–Crippen MR) is 110 cm³/mol. The average Bonchev–Trinajstić information content (AvgIpc) is 2.75. The van der Waals surface area contributed by atoms with Crippen LogP contribution in [0.25, 0.3) is 11.0 Å². The van der Waals surface area contributed by atoms with Crippen molar-refractivity contribution in [3.05, 3.63) is 100.0 Å². The van der Waals surface area contributed by atoms with Crippen LogP contribution in [-0.2, 0) is 18.5 Å². The Balaban J connectivity index is 1.71. The molecular weight excluding hydrogens is 411 g/mol. The summed E-state index contributed by atoms with van der Waals surface area (Å²) in [5.74, 6) is 0.240. The van der Waals surface area contributed by atoms with Crippen LogP contribution >= 0.6 is 11.8 Å². The number of benzene rings is 2. The molecule has 4 nitrogen and oxygen atoms in total. The van der Waals surface area contributed by atoms with Gasteiger partial charge in [-0.2, -0.15) is 13.2 Å². The molecule has 0 N–H and O–H groups in total. The summed E-state index contributed by atoms with van der Waals surface area (Å²) in [6.07, 6.45) is -2.85. The van der Waals surface area contributed by atoms with Gasteiger partial charge in [0.05, 0.1) is 17.5 Å². The number of hydrogen-bond acceptors (Lipinski definition) is 4. The smallest absolute Gasteiger partial charge is 0.282 e. The minimum Gasteiger partial charge on any atom is -0.282 e. The number of alkyl halides is 3. The van der Waals surface area contributed by atoms with Crippen LogP contribution in [0, 0.1) is 0 Å². The van der Waals surface area contributed by atoms with Crippen molar-refractivity contribution in [2.45, 2.75) is 23.6 Å². The fourth-order valence-corrected chi connectivity index (χ4v) is 3.97. The monoisotopic (exact) mass is 427 g/mol. The molecule has 4 rings (SSSR count). The molecule has 0 unspecified atom stereocenters. The molecule has 0 amide bonds. The van der Waals surface area contributed by atoms with E-state index in [1.54, 1.807) is 24.4 Å². The minimum absolute atomic E-state index is 0.233. The lowest BCUT2D eigenvalue weighted by Gasteiger charge is -2.13. The third-order valence-corrected chi connectivity index (χ3v) is 5.55. The van der Waals surface area contributed by atoms with Gasteiger partial charge in [-0.25, -0.2) is 9.97 Å². The lowest BCUT2D eigenvalue weighted by Crippen LogP contribution is -2.24. The number of thioether (sulfide) groups is 1. The molecule has 30 heavy (non-hydrogen) atoms. The fraction of sp³-hybridized carbons (Fsp3) is 0.136. The van der Waals surface area contributed by atoms with Gasteiger partial charge in [-0.05, 0) is 29.3 Å². The molecule has 0 aliphatic heterocycles. The van der Waals surface area contributed by atoms with Gasteiger partial charge in [-0.3, -0.25) is 9.36 Å². The van der Waals surface area contributed by atoms with E-state index in [0.29, 0.717) is 28.3 Å². The van der Waals surface area contributed by atoms with Gasteiger partial charge >= 0.3 is 6.18 Å². The number of nitrogens with zero attached hydrogens (tertiary/aromatic N) is 3. The highest BCUT2D eigenvalue weighted by atomic mass is 32.2. The van der Waals surface area contributed by atoms with Gasteiger partial charge in [0.25, 0.3) is 5.56 Å². The minimum atomic E-state index is -4.40. The van der Waals surface area contributed by atoms with Gasteiger partial charge < -0.3 is 0 Å². The highest BCUT2D eigenvalue weighted by Crippen LogP contribution is 2.31. The molecule has 0 aliphatic rings. The van der Waals surface area contributed by atoms with Crippen LogP contribution in [0.2, 0.25) is 0 Å². The van der Waals surface area contributed by atoms with E-state index in [1.165, 1.54) is 22.4 Å². The van der Waals surface area contributed by atoms with Gasteiger partial charge in [0.15, 0.2) is 10.8 Å². The number of aromatic nitrogens is 3. The molecule has 0 radical (unpaired) electrons. The molecule has 0 saturated heterocycles. The molecule has 0 fully saturated rings. The van der Waals surface area contributed by atoms with Crippen molar-refractivity contribution in [1.82, 2.24) is 14.5 Å². The first kappa shape index (κ1) is 20.2. The number of pyridine rings is 1. The number of rotatable bonds is 5. The highest BCUT2D eigenvalue weighted by Gasteiger charge is 2.30. The van der Waals surface area contributed by atoms with Crippen LogP contribution in [0.1, 0.15) is 16.7 Å². The first-order valence-corrected chi connectivity index (χ1v) is 10.1. The zero-order valence-corrected chi connectivity index (χ0v) is 16.5. The van der Waals surface area contributed by atoms with E-state index in [9.17, 15) is 18.0 Å². The van der Waals surface area contributed by atoms with Crippen LogP contribution in [0.15, 0.2) is 82.9 Å². The van der Waals surface area contributed by atoms with Crippen molar-refractivity contribution in [2.75, 3.05) is 0 Å². The van der Waals surface area contributed by atoms with Crippen molar-refractivity contribution in [3.63, 3.8) is 0 Å². The highest BCUT2D eigenvalue weighted by molar-refractivity contribution is 7.98. The van der Waals surface area contributed by atoms with Crippen LogP contribution in [0.4, 0.5) is 13.2 Å². The van der Waals surface area contributed by atoms with Crippen LogP contribution < -0.4 is 5.56 Å². The average molecular weight is 427 g/mol. The van der Waals surface area contributed by atoms with Crippen molar-refractivity contribution in [1.29, 1.82) is 0 Å². The zero-order valence-electron chi connectivity index (χ0n) is 15.6. The molecule has 152 valence electrons. The van der Waals surface area contributed by atoms with Crippen molar-refractivity contribution >= 4 is 22.8 Å². The lowest BCUT2D eigenvalue weighted by molar-refractivity contribution is -0.137. The summed E-state index contributed by atoms with van der Waals surface area (Å²) < 4.78 is 40.5. The van der Waals surface area contributed by atoms with Crippen molar-refractivity contribution < 1.29 is 13.2 Å². The van der Waals surface area contributed by atoms with Gasteiger partial charge in [0, 0.05) is 11.9 Å². The standard InChI is InChI=1S/C22H16F3N3OS/c23-22(24,25)17-9-4-8-16(12-17)14-30-21-27-19-18(10-5-11-26-19)20(29)28(21)13-15-6-2-1-3-7-15/h1-12H,13-14H2. The molecule has 0 aliphatic carbocycles. The van der Waals surface area contributed by atoms with Crippen molar-refractivity contribution in [3.8, 4) is 0 Å². The largest absolute Gasteiger partial charge is 0.416 e. The maximum Gasteiger partial charge on any atom is 0.416 e. The van der Waals surface area contributed by atoms with Gasteiger partial charge in [-0.1, -0.05) is 60.3 Å². The summed E-state index contributed by atoms with van der Waals surface area (Å²) in [4.78, 5) is 21.7. The van der Waals surface area contributed by atoms with Crippen LogP contribution in [0.5, 0.6) is 0 Å². The summed E-state index contributed by atoms with van der Waals surface area (Å²) in [5.41, 5.74) is 0.805. The summed E-state index contributed by atoms with van der Waals surface area (Å²) >= 11 is 1.21. The Labute approximate surface area is 174 Å². The van der Waals surface area contributed by atoms with E-state index in [2.05, 4.69) is 9.97 Å². The normalized spacial score (nSPS) is 11.7. The van der Waals surface area contributed by atoms with Gasteiger partial charge in [-0.15, -0.1) is 0 Å². The Morgan fingerprint density at radius 3 is 2.47 bits per heavy atom. The molecule has 2 aromatic heterocycles. The predicted octanol–water partition coefficient (Wildman–Crippen LogP) is 5.15. The molecule has 0 saturated carbocycles. The lowest BCUT2D eigenvalue weighted by atomic mass is 10.1. The Morgan fingerprint density at radius 2 is 1.70 bits per heavy atom. The molecule has 0 bridgehead atoms. The Morgan fingerprint density at radius 1 is 0.933 bits per heavy atom. The van der Waals surface area contributed by atoms with Crippen molar-refractivity contribution in [2.24, 2.45) is 0 Å². The van der Waals surface area contributed by atoms with E-state index in [-0.39, 0.29) is 11.3 Å². The van der Waals surface area contributed by atoms with E-state index in [0.717, 1.165) is 17.7 Å². The van der Waals surface area contributed by atoms with Crippen LogP contribution in [-0.4, -0.2) is 14.5 Å². The van der Waals surface area contributed by atoms with E-state index in [4.69, 9.17) is 0 Å². The Hall–Kier alpha value is -3.13. The maximum atomic E-state index is 13.1. The summed E-state index contributed by atoms with van der Waals surface area (Å²) in [6, 6.07) is 18.0. The van der Waals surface area contributed by atoms with E-state index in [1.807, 2.05) is 30.3 Å². The fourth-order valence-electron chi connectivity index (χ4n) is 3.04. The number of hydrogen-bond donors (Lipinski definition) is 0. The summed E-state index contributed by atoms with van der Waals surface area (Å²) in [6.45, 7) is 0.308. The van der Waals surface area contributed by atoms with Crippen LogP contribution in [0.3, 0.4) is 0 Å². The number of fused-ring (bicyclic) bond motifs is 1. The second-order valence-corrected chi connectivity index (χ2v) is 7.58. The molecule has 2 heterocycles. The SMILES string of the molecule is O=c1c2cccnc2nc(SCc2cccc(C(F)(F)F)c2)n1Cc1ccccc1. The molecule has 0 atom stereocenters. The molecular formula is C22H16F3N3OS. The van der Waals surface area contributed by atoms with E-state index >= 15 is 0 Å². The third-order valence-electron chi connectivity index (χ3n) is 4.50. The summed E-state index contributed by atoms with van der Waals surface area (Å²) in [5, 5.41) is 0.810. The molecule has 8 heteroatoms.